The first kappa shape index (κ1) is 25.4. The number of hydrogen-bond acceptors (Lipinski definition) is 3. The molecule has 1 amide bonds. The molecule has 3 aromatic carbocycles. The Bertz CT molecular complexity index is 1460. The second kappa shape index (κ2) is 11.4. The molecule has 0 fully saturated rings. The molecule has 1 heterocycles. The van der Waals surface area contributed by atoms with Crippen LogP contribution in [0.5, 0.6) is 0 Å². The number of carbonyl (C=O) groups excluding carboxylic acids is 1. The summed E-state index contributed by atoms with van der Waals surface area (Å²) in [5, 5.41) is 1.12. The lowest BCUT2D eigenvalue weighted by atomic mass is 10.1. The van der Waals surface area contributed by atoms with Gasteiger partial charge in [-0.25, -0.2) is 4.98 Å². The molecular weight excluding hydrogens is 470 g/mol. The molecular formula is C30H30ClN3O2. The third-order valence-corrected chi connectivity index (χ3v) is 6.53. The highest BCUT2D eigenvalue weighted by Crippen LogP contribution is 2.26. The number of halogens is 1. The molecule has 4 aromatic rings. The smallest absolute Gasteiger partial charge is 0.266 e. The van der Waals surface area contributed by atoms with Gasteiger partial charge in [-0.3, -0.25) is 14.2 Å². The molecule has 1 atom stereocenters. The van der Waals surface area contributed by atoms with Crippen LogP contribution in [0.25, 0.3) is 22.7 Å². The quantitative estimate of drug-likeness (QED) is 0.252. The van der Waals surface area contributed by atoms with E-state index in [2.05, 4.69) is 6.92 Å². The first-order valence-electron chi connectivity index (χ1n) is 12.2. The van der Waals surface area contributed by atoms with Crippen LogP contribution in [-0.4, -0.2) is 26.9 Å². The van der Waals surface area contributed by atoms with Crippen molar-refractivity contribution in [2.24, 2.45) is 0 Å². The number of aromatic nitrogens is 2. The monoisotopic (exact) mass is 499 g/mol. The van der Waals surface area contributed by atoms with Crippen molar-refractivity contribution in [2.75, 3.05) is 6.54 Å². The molecule has 0 aliphatic heterocycles. The van der Waals surface area contributed by atoms with Crippen molar-refractivity contribution >= 4 is 34.5 Å². The van der Waals surface area contributed by atoms with Crippen LogP contribution in [0.3, 0.4) is 0 Å². The minimum Gasteiger partial charge on any atom is -0.329 e. The summed E-state index contributed by atoms with van der Waals surface area (Å²) in [6, 6.07) is 22.0. The van der Waals surface area contributed by atoms with Crippen molar-refractivity contribution in [3.8, 4) is 5.69 Å². The van der Waals surface area contributed by atoms with Crippen LogP contribution in [0.1, 0.15) is 49.7 Å². The van der Waals surface area contributed by atoms with E-state index in [0.29, 0.717) is 34.0 Å². The fourth-order valence-electron chi connectivity index (χ4n) is 4.32. The number of aryl methyl sites for hydroxylation is 1. The second-order valence-corrected chi connectivity index (χ2v) is 9.30. The first-order valence-corrected chi connectivity index (χ1v) is 12.6. The molecule has 6 heteroatoms. The van der Waals surface area contributed by atoms with Gasteiger partial charge in [0.15, 0.2) is 0 Å². The van der Waals surface area contributed by atoms with Crippen LogP contribution in [0.2, 0.25) is 5.02 Å². The van der Waals surface area contributed by atoms with E-state index in [-0.39, 0.29) is 11.5 Å². The number of hydrogen-bond donors (Lipinski definition) is 0. The summed E-state index contributed by atoms with van der Waals surface area (Å²) in [5.74, 6) is 0.392. The van der Waals surface area contributed by atoms with Gasteiger partial charge in [0.1, 0.15) is 5.82 Å². The highest BCUT2D eigenvalue weighted by atomic mass is 35.5. The van der Waals surface area contributed by atoms with Crippen LogP contribution in [-0.2, 0) is 4.79 Å². The van der Waals surface area contributed by atoms with Crippen molar-refractivity contribution < 1.29 is 4.79 Å². The zero-order valence-corrected chi connectivity index (χ0v) is 21.6. The molecule has 0 aliphatic rings. The second-order valence-electron chi connectivity index (χ2n) is 8.86. The maximum Gasteiger partial charge on any atom is 0.266 e. The molecule has 0 saturated carbocycles. The van der Waals surface area contributed by atoms with Crippen molar-refractivity contribution in [2.45, 2.75) is 39.7 Å². The topological polar surface area (TPSA) is 55.2 Å². The Balaban J connectivity index is 1.85. The molecule has 1 aromatic heterocycles. The Morgan fingerprint density at radius 2 is 1.81 bits per heavy atom. The van der Waals surface area contributed by atoms with Crippen LogP contribution < -0.4 is 5.56 Å². The Labute approximate surface area is 216 Å². The van der Waals surface area contributed by atoms with Crippen molar-refractivity contribution in [3.63, 3.8) is 0 Å². The highest BCUT2D eigenvalue weighted by molar-refractivity contribution is 6.30. The van der Waals surface area contributed by atoms with E-state index in [1.807, 2.05) is 80.6 Å². The molecule has 0 aliphatic carbocycles. The Morgan fingerprint density at radius 1 is 1.08 bits per heavy atom. The number of nitrogens with zero attached hydrogens (tertiary/aromatic N) is 3. The summed E-state index contributed by atoms with van der Waals surface area (Å²) < 4.78 is 1.63. The maximum absolute atomic E-state index is 13.8. The van der Waals surface area contributed by atoms with E-state index in [1.165, 1.54) is 0 Å². The minimum absolute atomic E-state index is 0.124. The standard InChI is InChI=1S/C30H30ClN3O2/c1-4-5-19-33(28(35)18-15-23-11-7-6-8-12-23)22(3)29-32-26-14-10-9-13-25(26)30(36)34(29)27-17-16-24(31)20-21(27)2/h6-18,20,22H,4-5,19H2,1-3H3/b18-15+. The zero-order valence-electron chi connectivity index (χ0n) is 20.8. The summed E-state index contributed by atoms with van der Waals surface area (Å²) in [5.41, 5.74) is 2.94. The van der Waals surface area contributed by atoms with Crippen LogP contribution >= 0.6 is 11.6 Å². The lowest BCUT2D eigenvalue weighted by Crippen LogP contribution is -2.37. The summed E-state index contributed by atoms with van der Waals surface area (Å²) in [7, 11) is 0. The Morgan fingerprint density at radius 3 is 2.53 bits per heavy atom. The van der Waals surface area contributed by atoms with Gasteiger partial charge in [0, 0.05) is 17.6 Å². The fraction of sp³-hybridized carbons (Fsp3) is 0.233. The number of benzene rings is 3. The normalized spacial score (nSPS) is 12.2. The number of amides is 1. The van der Waals surface area contributed by atoms with Crippen LogP contribution in [0.15, 0.2) is 83.7 Å². The van der Waals surface area contributed by atoms with Gasteiger partial charge < -0.3 is 4.90 Å². The van der Waals surface area contributed by atoms with E-state index in [9.17, 15) is 9.59 Å². The average molecular weight is 500 g/mol. The van der Waals surface area contributed by atoms with Crippen molar-refractivity contribution in [3.05, 3.63) is 111 Å². The summed E-state index contributed by atoms with van der Waals surface area (Å²) in [4.78, 5) is 33.9. The molecule has 5 nitrogen and oxygen atoms in total. The summed E-state index contributed by atoms with van der Waals surface area (Å²) in [6.45, 7) is 6.49. The van der Waals surface area contributed by atoms with E-state index in [0.717, 1.165) is 24.0 Å². The average Bonchev–Trinajstić information content (AvgIpc) is 2.88. The molecule has 0 bridgehead atoms. The van der Waals surface area contributed by atoms with E-state index < -0.39 is 6.04 Å². The molecule has 0 radical (unpaired) electrons. The maximum atomic E-state index is 13.8. The fourth-order valence-corrected chi connectivity index (χ4v) is 4.55. The largest absolute Gasteiger partial charge is 0.329 e. The van der Waals surface area contributed by atoms with Crippen molar-refractivity contribution in [1.82, 2.24) is 14.5 Å². The number of rotatable bonds is 8. The lowest BCUT2D eigenvalue weighted by molar-refractivity contribution is -0.128. The van der Waals surface area contributed by atoms with E-state index in [1.54, 1.807) is 27.7 Å². The number of para-hydroxylation sites is 1. The van der Waals surface area contributed by atoms with Crippen LogP contribution in [0, 0.1) is 6.92 Å². The molecule has 36 heavy (non-hydrogen) atoms. The van der Waals surface area contributed by atoms with Gasteiger partial charge in [0.05, 0.1) is 22.6 Å². The Hall–Kier alpha value is -3.70. The highest BCUT2D eigenvalue weighted by Gasteiger charge is 2.26. The van der Waals surface area contributed by atoms with Crippen molar-refractivity contribution in [1.29, 1.82) is 0 Å². The Kier molecular flexibility index (Phi) is 8.01. The predicted molar refractivity (Wildman–Crippen MR) is 148 cm³/mol. The predicted octanol–water partition coefficient (Wildman–Crippen LogP) is 6.75. The van der Waals surface area contributed by atoms with E-state index in [4.69, 9.17) is 16.6 Å². The number of fused-ring (bicyclic) bond motifs is 1. The molecule has 4 rings (SSSR count). The summed E-state index contributed by atoms with van der Waals surface area (Å²) in [6.07, 6.45) is 5.19. The van der Waals surface area contributed by atoms with Gasteiger partial charge in [-0.2, -0.15) is 0 Å². The van der Waals surface area contributed by atoms with E-state index >= 15 is 0 Å². The zero-order chi connectivity index (χ0) is 25.7. The molecule has 0 N–H and O–H groups in total. The number of carbonyl (C=O) groups is 1. The summed E-state index contributed by atoms with van der Waals surface area (Å²) >= 11 is 6.21. The molecule has 0 saturated heterocycles. The SMILES string of the molecule is CCCCN(C(=O)/C=C/c1ccccc1)C(C)c1nc2ccccc2c(=O)n1-c1ccc(Cl)cc1C. The van der Waals surface area contributed by atoms with Gasteiger partial charge in [-0.05, 0) is 67.8 Å². The molecule has 1 unspecified atom stereocenters. The van der Waals surface area contributed by atoms with Gasteiger partial charge in [-0.15, -0.1) is 0 Å². The van der Waals surface area contributed by atoms with Crippen LogP contribution in [0.4, 0.5) is 0 Å². The van der Waals surface area contributed by atoms with Gasteiger partial charge >= 0.3 is 0 Å². The van der Waals surface area contributed by atoms with Gasteiger partial charge in [-0.1, -0.05) is 67.4 Å². The third kappa shape index (κ3) is 5.42. The number of unbranched alkanes of at least 4 members (excludes halogenated alkanes) is 1. The van der Waals surface area contributed by atoms with Gasteiger partial charge in [0.25, 0.3) is 5.56 Å². The molecule has 0 spiro atoms. The minimum atomic E-state index is -0.447. The molecule has 184 valence electrons. The lowest BCUT2D eigenvalue weighted by Gasteiger charge is -2.30. The van der Waals surface area contributed by atoms with Gasteiger partial charge in [0.2, 0.25) is 5.91 Å². The third-order valence-electron chi connectivity index (χ3n) is 6.30. The first-order chi connectivity index (χ1) is 17.4.